The van der Waals surface area contributed by atoms with Crippen LogP contribution in [0.3, 0.4) is 0 Å². The summed E-state index contributed by atoms with van der Waals surface area (Å²) in [5.74, 6) is -2.14. The van der Waals surface area contributed by atoms with Gasteiger partial charge in [0.25, 0.3) is 17.7 Å². The Morgan fingerprint density at radius 3 is 2.06 bits per heavy atom. The largest absolute Gasteiger partial charge is 0.350 e. The van der Waals surface area contributed by atoms with E-state index in [-0.39, 0.29) is 42.8 Å². The summed E-state index contributed by atoms with van der Waals surface area (Å²) in [6.45, 7) is 1.43. The van der Waals surface area contributed by atoms with Gasteiger partial charge < -0.3 is 10.6 Å². The SMILES string of the molecule is CC(=O)c1cccc(NC(=O)c2cccc(NC3=C(Cl)C(=O)N(c4cc(Cl)c(Cl)cc4Cl)C3=O)c2)c1. The van der Waals surface area contributed by atoms with Crippen LogP contribution in [0, 0.1) is 0 Å². The number of carbonyl (C=O) groups excluding carboxylic acids is 4. The molecular formula is C25H15Cl4N3O4. The first kappa shape index (κ1) is 25.7. The Kier molecular flexibility index (Phi) is 7.38. The predicted molar refractivity (Wildman–Crippen MR) is 141 cm³/mol. The molecule has 0 aliphatic carbocycles. The highest BCUT2D eigenvalue weighted by Crippen LogP contribution is 2.38. The van der Waals surface area contributed by atoms with E-state index in [2.05, 4.69) is 10.6 Å². The van der Waals surface area contributed by atoms with Crippen molar-refractivity contribution in [3.8, 4) is 0 Å². The molecule has 36 heavy (non-hydrogen) atoms. The second kappa shape index (κ2) is 10.3. The Hall–Kier alpha value is -3.36. The maximum atomic E-state index is 13.1. The lowest BCUT2D eigenvalue weighted by atomic mass is 10.1. The molecule has 11 heteroatoms. The number of halogens is 4. The molecule has 1 aliphatic rings. The van der Waals surface area contributed by atoms with Crippen molar-refractivity contribution in [2.24, 2.45) is 0 Å². The third-order valence-corrected chi connectivity index (χ3v) is 6.55. The first-order chi connectivity index (χ1) is 17.1. The van der Waals surface area contributed by atoms with Crippen LogP contribution in [-0.2, 0) is 9.59 Å². The number of Topliss-reactive ketones (excluding diaryl/α,β-unsaturated/α-hetero) is 1. The van der Waals surface area contributed by atoms with E-state index in [0.29, 0.717) is 16.9 Å². The fraction of sp³-hybridized carbons (Fsp3) is 0.0400. The zero-order valence-corrected chi connectivity index (χ0v) is 21.4. The molecule has 0 saturated carbocycles. The van der Waals surface area contributed by atoms with Crippen LogP contribution in [-0.4, -0.2) is 23.5 Å². The minimum atomic E-state index is -0.802. The molecule has 4 rings (SSSR count). The standard InChI is InChI=1S/C25H15Cl4N3O4/c1-12(33)13-4-2-7-16(8-13)31-23(34)14-5-3-6-15(9-14)30-22-21(29)24(35)32(25(22)36)20-11-18(27)17(26)10-19(20)28/h2-11,30H,1H3,(H,31,34). The number of anilines is 3. The lowest BCUT2D eigenvalue weighted by molar-refractivity contribution is -0.120. The second-order valence-corrected chi connectivity index (χ2v) is 9.25. The van der Waals surface area contributed by atoms with E-state index in [9.17, 15) is 19.2 Å². The Bertz CT molecular complexity index is 1490. The molecule has 3 aromatic carbocycles. The van der Waals surface area contributed by atoms with E-state index < -0.39 is 17.7 Å². The van der Waals surface area contributed by atoms with Gasteiger partial charge in [0.05, 0.1) is 20.8 Å². The minimum Gasteiger partial charge on any atom is -0.350 e. The monoisotopic (exact) mass is 561 g/mol. The maximum Gasteiger partial charge on any atom is 0.283 e. The highest BCUT2D eigenvalue weighted by Gasteiger charge is 2.40. The number of imide groups is 1. The van der Waals surface area contributed by atoms with Gasteiger partial charge in [-0.3, -0.25) is 19.2 Å². The number of amides is 3. The summed E-state index contributed by atoms with van der Waals surface area (Å²) < 4.78 is 0. The number of rotatable bonds is 6. The molecule has 182 valence electrons. The summed E-state index contributed by atoms with van der Waals surface area (Å²) in [6.07, 6.45) is 0. The van der Waals surface area contributed by atoms with Gasteiger partial charge in [0.1, 0.15) is 10.7 Å². The molecule has 0 saturated heterocycles. The van der Waals surface area contributed by atoms with Crippen molar-refractivity contribution in [2.75, 3.05) is 15.5 Å². The number of carbonyl (C=O) groups is 4. The van der Waals surface area contributed by atoms with Crippen LogP contribution in [0.15, 0.2) is 71.4 Å². The molecule has 0 bridgehead atoms. The van der Waals surface area contributed by atoms with Crippen molar-refractivity contribution >= 4 is 87.0 Å². The van der Waals surface area contributed by atoms with Gasteiger partial charge >= 0.3 is 0 Å². The predicted octanol–water partition coefficient (Wildman–Crippen LogP) is 6.54. The van der Waals surface area contributed by atoms with Gasteiger partial charge in [0.2, 0.25) is 0 Å². The molecule has 1 heterocycles. The number of hydrogen-bond acceptors (Lipinski definition) is 5. The Morgan fingerprint density at radius 1 is 0.750 bits per heavy atom. The third-order valence-electron chi connectivity index (χ3n) is 5.18. The highest BCUT2D eigenvalue weighted by atomic mass is 35.5. The quantitative estimate of drug-likeness (QED) is 0.202. The van der Waals surface area contributed by atoms with Crippen molar-refractivity contribution in [3.63, 3.8) is 0 Å². The van der Waals surface area contributed by atoms with Gasteiger partial charge in [-0.15, -0.1) is 0 Å². The summed E-state index contributed by atoms with van der Waals surface area (Å²) in [6, 6.07) is 15.4. The minimum absolute atomic E-state index is 0.0249. The zero-order chi connectivity index (χ0) is 26.1. The van der Waals surface area contributed by atoms with E-state index in [1.165, 1.54) is 25.1 Å². The van der Waals surface area contributed by atoms with Gasteiger partial charge in [0.15, 0.2) is 5.78 Å². The van der Waals surface area contributed by atoms with E-state index in [1.54, 1.807) is 42.5 Å². The molecule has 0 aromatic heterocycles. The molecule has 2 N–H and O–H groups in total. The molecule has 0 radical (unpaired) electrons. The molecular weight excluding hydrogens is 548 g/mol. The summed E-state index contributed by atoms with van der Waals surface area (Å²) in [7, 11) is 0. The molecule has 0 unspecified atom stereocenters. The van der Waals surface area contributed by atoms with Crippen LogP contribution in [0.2, 0.25) is 15.1 Å². The molecule has 1 aliphatic heterocycles. The fourth-order valence-electron chi connectivity index (χ4n) is 3.42. The molecule has 0 atom stereocenters. The van der Waals surface area contributed by atoms with Crippen LogP contribution in [0.5, 0.6) is 0 Å². The van der Waals surface area contributed by atoms with Gasteiger partial charge in [-0.2, -0.15) is 0 Å². The maximum absolute atomic E-state index is 13.1. The van der Waals surface area contributed by atoms with E-state index in [0.717, 1.165) is 4.90 Å². The summed E-state index contributed by atoms with van der Waals surface area (Å²) in [5.41, 5.74) is 1.32. The highest BCUT2D eigenvalue weighted by molar-refractivity contribution is 6.54. The molecule has 3 amide bonds. The number of hydrogen-bond donors (Lipinski definition) is 2. The summed E-state index contributed by atoms with van der Waals surface area (Å²) in [5, 5.41) is 5.45. The Morgan fingerprint density at radius 2 is 1.36 bits per heavy atom. The van der Waals surface area contributed by atoms with Crippen LogP contribution < -0.4 is 15.5 Å². The zero-order valence-electron chi connectivity index (χ0n) is 18.4. The topological polar surface area (TPSA) is 95.6 Å². The van der Waals surface area contributed by atoms with Crippen molar-refractivity contribution in [3.05, 3.63) is 97.6 Å². The van der Waals surface area contributed by atoms with Gasteiger partial charge in [-0.05, 0) is 49.4 Å². The molecule has 7 nitrogen and oxygen atoms in total. The second-order valence-electron chi connectivity index (χ2n) is 7.65. The Balaban J connectivity index is 1.56. The number of nitrogens with one attached hydrogen (secondary N) is 2. The summed E-state index contributed by atoms with van der Waals surface area (Å²) >= 11 is 24.3. The number of nitrogens with zero attached hydrogens (tertiary/aromatic N) is 1. The van der Waals surface area contributed by atoms with E-state index in [1.807, 2.05) is 0 Å². The van der Waals surface area contributed by atoms with Crippen LogP contribution in [0.25, 0.3) is 0 Å². The number of ketones is 1. The van der Waals surface area contributed by atoms with E-state index >= 15 is 0 Å². The summed E-state index contributed by atoms with van der Waals surface area (Å²) in [4.78, 5) is 51.0. The van der Waals surface area contributed by atoms with Crippen LogP contribution in [0.4, 0.5) is 17.1 Å². The van der Waals surface area contributed by atoms with Gasteiger partial charge in [-0.1, -0.05) is 64.6 Å². The van der Waals surface area contributed by atoms with Crippen LogP contribution >= 0.6 is 46.4 Å². The molecule has 0 fully saturated rings. The van der Waals surface area contributed by atoms with Crippen molar-refractivity contribution in [2.45, 2.75) is 6.92 Å². The van der Waals surface area contributed by atoms with Crippen molar-refractivity contribution in [1.82, 2.24) is 0 Å². The smallest absolute Gasteiger partial charge is 0.283 e. The fourth-order valence-corrected chi connectivity index (χ4v) is 4.25. The normalized spacial score (nSPS) is 13.3. The van der Waals surface area contributed by atoms with Gasteiger partial charge in [0, 0.05) is 22.5 Å². The molecule has 3 aromatic rings. The van der Waals surface area contributed by atoms with Crippen molar-refractivity contribution in [1.29, 1.82) is 0 Å². The van der Waals surface area contributed by atoms with Crippen LogP contribution in [0.1, 0.15) is 27.6 Å². The Labute approximate surface area is 225 Å². The van der Waals surface area contributed by atoms with Gasteiger partial charge in [-0.25, -0.2) is 4.90 Å². The first-order valence-corrected chi connectivity index (χ1v) is 11.8. The van der Waals surface area contributed by atoms with Crippen molar-refractivity contribution < 1.29 is 19.2 Å². The average molecular weight is 563 g/mol. The lowest BCUT2D eigenvalue weighted by Gasteiger charge is -2.17. The number of benzene rings is 3. The average Bonchev–Trinajstić information content (AvgIpc) is 3.05. The van der Waals surface area contributed by atoms with E-state index in [4.69, 9.17) is 46.4 Å². The first-order valence-electron chi connectivity index (χ1n) is 10.3. The third kappa shape index (κ3) is 5.10. The molecule has 0 spiro atoms. The lowest BCUT2D eigenvalue weighted by Crippen LogP contribution is -2.32.